The third-order valence-electron chi connectivity index (χ3n) is 2.93. The van der Waals surface area contributed by atoms with Crippen molar-refractivity contribution in [1.82, 2.24) is 0 Å². The van der Waals surface area contributed by atoms with E-state index < -0.39 is 11.4 Å². The fourth-order valence-electron chi connectivity index (χ4n) is 2.00. The molecular formula is C12H14O2. The minimum absolute atomic E-state index is 0.559. The number of rotatable bonds is 2. The number of carboxylic acid groups (broad SMARTS) is 1. The molecule has 0 bridgehead atoms. The van der Waals surface area contributed by atoms with E-state index in [1.807, 2.05) is 26.0 Å². The summed E-state index contributed by atoms with van der Waals surface area (Å²) in [5.41, 5.74) is 2.71. The molecule has 2 nitrogen and oxygen atoms in total. The van der Waals surface area contributed by atoms with Gasteiger partial charge < -0.3 is 5.11 Å². The SMILES string of the molecule is Cc1cc(C)cc(C2(C(=O)O)CC2)c1. The molecule has 1 aliphatic carbocycles. The number of aliphatic carboxylic acids is 1. The second kappa shape index (κ2) is 2.84. The predicted octanol–water partition coefficient (Wildman–Crippen LogP) is 2.42. The minimum Gasteiger partial charge on any atom is -0.481 e. The summed E-state index contributed by atoms with van der Waals surface area (Å²) in [6.07, 6.45) is 1.57. The van der Waals surface area contributed by atoms with Crippen LogP contribution in [-0.4, -0.2) is 11.1 Å². The molecule has 0 amide bonds. The second-order valence-corrected chi connectivity index (χ2v) is 4.26. The lowest BCUT2D eigenvalue weighted by Gasteiger charge is -2.11. The lowest BCUT2D eigenvalue weighted by atomic mass is 9.93. The van der Waals surface area contributed by atoms with Crippen molar-refractivity contribution in [3.8, 4) is 0 Å². The Kier molecular flexibility index (Phi) is 1.88. The quantitative estimate of drug-likeness (QED) is 0.777. The fraction of sp³-hybridized carbons (Fsp3) is 0.417. The maximum atomic E-state index is 11.1. The number of benzene rings is 1. The van der Waals surface area contributed by atoms with Gasteiger partial charge >= 0.3 is 5.97 Å². The molecule has 1 saturated carbocycles. The van der Waals surface area contributed by atoms with Crippen LogP contribution < -0.4 is 0 Å². The van der Waals surface area contributed by atoms with Crippen LogP contribution in [0.4, 0.5) is 0 Å². The van der Waals surface area contributed by atoms with Gasteiger partial charge in [0.05, 0.1) is 5.41 Å². The number of hydrogen-bond donors (Lipinski definition) is 1. The van der Waals surface area contributed by atoms with E-state index in [0.29, 0.717) is 0 Å². The number of hydrogen-bond acceptors (Lipinski definition) is 1. The Morgan fingerprint density at radius 2 is 1.71 bits per heavy atom. The van der Waals surface area contributed by atoms with Crippen LogP contribution in [-0.2, 0) is 10.2 Å². The van der Waals surface area contributed by atoms with Gasteiger partial charge in [-0.2, -0.15) is 0 Å². The molecule has 0 unspecified atom stereocenters. The van der Waals surface area contributed by atoms with Crippen LogP contribution in [0.25, 0.3) is 0 Å². The summed E-state index contributed by atoms with van der Waals surface area (Å²) in [5.74, 6) is -0.678. The summed E-state index contributed by atoms with van der Waals surface area (Å²) in [5, 5.41) is 9.14. The normalized spacial score (nSPS) is 17.9. The van der Waals surface area contributed by atoms with Crippen molar-refractivity contribution < 1.29 is 9.90 Å². The highest BCUT2D eigenvalue weighted by molar-refractivity contribution is 5.85. The summed E-state index contributed by atoms with van der Waals surface area (Å²) in [6, 6.07) is 6.06. The Morgan fingerprint density at radius 3 is 2.07 bits per heavy atom. The summed E-state index contributed by atoms with van der Waals surface area (Å²) < 4.78 is 0. The molecule has 0 heterocycles. The standard InChI is InChI=1S/C12H14O2/c1-8-5-9(2)7-10(6-8)12(3-4-12)11(13)14/h5-7H,3-4H2,1-2H3,(H,13,14). The van der Waals surface area contributed by atoms with Gasteiger partial charge in [0.2, 0.25) is 0 Å². The van der Waals surface area contributed by atoms with E-state index in [4.69, 9.17) is 5.11 Å². The Bertz CT molecular complexity index is 369. The van der Waals surface area contributed by atoms with Crippen LogP contribution in [0.1, 0.15) is 29.5 Å². The maximum absolute atomic E-state index is 11.1. The van der Waals surface area contributed by atoms with Crippen LogP contribution in [0.3, 0.4) is 0 Å². The zero-order valence-corrected chi connectivity index (χ0v) is 8.50. The van der Waals surface area contributed by atoms with Crippen LogP contribution in [0, 0.1) is 13.8 Å². The van der Waals surface area contributed by atoms with Crippen molar-refractivity contribution in [2.24, 2.45) is 0 Å². The van der Waals surface area contributed by atoms with E-state index in [-0.39, 0.29) is 0 Å². The molecule has 1 aromatic carbocycles. The smallest absolute Gasteiger partial charge is 0.314 e. The van der Waals surface area contributed by atoms with Crippen LogP contribution >= 0.6 is 0 Å². The van der Waals surface area contributed by atoms with Crippen molar-refractivity contribution in [1.29, 1.82) is 0 Å². The third-order valence-corrected chi connectivity index (χ3v) is 2.93. The number of aryl methyl sites for hydroxylation is 2. The monoisotopic (exact) mass is 190 g/mol. The van der Waals surface area contributed by atoms with Gasteiger partial charge in [0, 0.05) is 0 Å². The molecule has 74 valence electrons. The van der Waals surface area contributed by atoms with E-state index in [1.165, 1.54) is 0 Å². The first kappa shape index (κ1) is 9.25. The molecule has 1 N–H and O–H groups in total. The van der Waals surface area contributed by atoms with Crippen LogP contribution in [0.15, 0.2) is 18.2 Å². The third kappa shape index (κ3) is 1.31. The Balaban J connectivity index is 2.47. The van der Waals surface area contributed by atoms with Gasteiger partial charge in [0.1, 0.15) is 0 Å². The van der Waals surface area contributed by atoms with Crippen molar-refractivity contribution >= 4 is 5.97 Å². The highest BCUT2D eigenvalue weighted by Gasteiger charge is 2.51. The average Bonchev–Trinajstić information content (AvgIpc) is 2.81. The highest BCUT2D eigenvalue weighted by Crippen LogP contribution is 2.48. The average molecular weight is 190 g/mol. The molecule has 2 rings (SSSR count). The van der Waals surface area contributed by atoms with Crippen LogP contribution in [0.5, 0.6) is 0 Å². The van der Waals surface area contributed by atoms with Gasteiger partial charge in [0.15, 0.2) is 0 Å². The van der Waals surface area contributed by atoms with Crippen LogP contribution in [0.2, 0.25) is 0 Å². The topological polar surface area (TPSA) is 37.3 Å². The van der Waals surface area contributed by atoms with E-state index in [0.717, 1.165) is 29.5 Å². The van der Waals surface area contributed by atoms with Crippen molar-refractivity contribution in [3.63, 3.8) is 0 Å². The fourth-order valence-corrected chi connectivity index (χ4v) is 2.00. The lowest BCUT2D eigenvalue weighted by molar-refractivity contribution is -0.140. The molecule has 0 aliphatic heterocycles. The zero-order chi connectivity index (χ0) is 10.3. The molecule has 2 heteroatoms. The first-order chi connectivity index (χ1) is 6.54. The van der Waals surface area contributed by atoms with Gasteiger partial charge in [0.25, 0.3) is 0 Å². The van der Waals surface area contributed by atoms with Crippen molar-refractivity contribution in [3.05, 3.63) is 34.9 Å². The molecular weight excluding hydrogens is 176 g/mol. The molecule has 0 spiro atoms. The molecule has 0 aromatic heterocycles. The number of carboxylic acids is 1. The van der Waals surface area contributed by atoms with E-state index >= 15 is 0 Å². The predicted molar refractivity (Wildman–Crippen MR) is 54.5 cm³/mol. The lowest BCUT2D eigenvalue weighted by Crippen LogP contribution is -2.19. The molecule has 1 fully saturated rings. The van der Waals surface area contributed by atoms with Crippen molar-refractivity contribution in [2.45, 2.75) is 32.1 Å². The Hall–Kier alpha value is -1.31. The van der Waals surface area contributed by atoms with E-state index in [2.05, 4.69) is 6.07 Å². The summed E-state index contributed by atoms with van der Waals surface area (Å²) >= 11 is 0. The Morgan fingerprint density at radius 1 is 1.21 bits per heavy atom. The van der Waals surface area contributed by atoms with Crippen molar-refractivity contribution in [2.75, 3.05) is 0 Å². The second-order valence-electron chi connectivity index (χ2n) is 4.26. The molecule has 0 atom stereocenters. The molecule has 14 heavy (non-hydrogen) atoms. The largest absolute Gasteiger partial charge is 0.481 e. The maximum Gasteiger partial charge on any atom is 0.314 e. The van der Waals surface area contributed by atoms with Gasteiger partial charge in [-0.25, -0.2) is 0 Å². The van der Waals surface area contributed by atoms with E-state index in [9.17, 15) is 4.79 Å². The molecule has 1 aliphatic rings. The minimum atomic E-state index is -0.678. The first-order valence-corrected chi connectivity index (χ1v) is 4.87. The number of carbonyl (C=O) groups is 1. The van der Waals surface area contributed by atoms with Gasteiger partial charge in [-0.05, 0) is 32.3 Å². The molecule has 0 saturated heterocycles. The van der Waals surface area contributed by atoms with Gasteiger partial charge in [-0.1, -0.05) is 29.3 Å². The van der Waals surface area contributed by atoms with Gasteiger partial charge in [-0.3, -0.25) is 4.79 Å². The Labute approximate surface area is 83.6 Å². The highest BCUT2D eigenvalue weighted by atomic mass is 16.4. The zero-order valence-electron chi connectivity index (χ0n) is 8.50. The first-order valence-electron chi connectivity index (χ1n) is 4.87. The summed E-state index contributed by atoms with van der Waals surface area (Å²) in [6.45, 7) is 4.02. The summed E-state index contributed by atoms with van der Waals surface area (Å²) in [7, 11) is 0. The summed E-state index contributed by atoms with van der Waals surface area (Å²) in [4.78, 5) is 11.1. The van der Waals surface area contributed by atoms with Gasteiger partial charge in [-0.15, -0.1) is 0 Å². The molecule has 0 radical (unpaired) electrons. The molecule has 1 aromatic rings. The van der Waals surface area contributed by atoms with E-state index in [1.54, 1.807) is 0 Å².